The summed E-state index contributed by atoms with van der Waals surface area (Å²) in [7, 11) is 0. The number of hydrogen-bond acceptors (Lipinski definition) is 3. The third kappa shape index (κ3) is 4.04. The van der Waals surface area contributed by atoms with Crippen LogP contribution in [-0.4, -0.2) is 54.6 Å². The van der Waals surface area contributed by atoms with E-state index in [0.29, 0.717) is 0 Å². The Morgan fingerprint density at radius 1 is 1.25 bits per heavy atom. The van der Waals surface area contributed by atoms with Crippen molar-refractivity contribution in [2.45, 2.75) is 45.6 Å². The van der Waals surface area contributed by atoms with Gasteiger partial charge in [-0.15, -0.1) is 0 Å². The average molecular weight is 227 g/mol. The van der Waals surface area contributed by atoms with Gasteiger partial charge in [0.25, 0.3) is 0 Å². The fourth-order valence-corrected chi connectivity index (χ4v) is 2.51. The fraction of sp³-hybridized carbons (Fsp3) is 1.00. The lowest BCUT2D eigenvalue weighted by atomic mass is 10.0. The Morgan fingerprint density at radius 2 is 1.88 bits per heavy atom. The van der Waals surface area contributed by atoms with Crippen molar-refractivity contribution >= 4 is 0 Å². The Balaban J connectivity index is 2.22. The molecule has 1 rings (SSSR count). The van der Waals surface area contributed by atoms with Gasteiger partial charge in [0, 0.05) is 12.1 Å². The van der Waals surface area contributed by atoms with Crippen molar-refractivity contribution in [1.29, 1.82) is 0 Å². The molecule has 1 fully saturated rings. The molecule has 16 heavy (non-hydrogen) atoms. The highest BCUT2D eigenvalue weighted by molar-refractivity contribution is 4.82. The first-order valence-corrected chi connectivity index (χ1v) is 6.77. The van der Waals surface area contributed by atoms with Crippen molar-refractivity contribution in [2.24, 2.45) is 5.73 Å². The molecule has 2 N–H and O–H groups in total. The lowest BCUT2D eigenvalue weighted by Gasteiger charge is -2.37. The Morgan fingerprint density at radius 3 is 2.38 bits per heavy atom. The topological polar surface area (TPSA) is 32.5 Å². The third-order valence-corrected chi connectivity index (χ3v) is 3.84. The molecule has 0 radical (unpaired) electrons. The molecule has 0 aromatic carbocycles. The summed E-state index contributed by atoms with van der Waals surface area (Å²) in [6.45, 7) is 13.6. The minimum atomic E-state index is 0.153. The second-order valence-corrected chi connectivity index (χ2v) is 5.50. The van der Waals surface area contributed by atoms with Gasteiger partial charge in [-0.3, -0.25) is 4.90 Å². The molecule has 0 unspecified atom stereocenters. The average Bonchev–Trinajstić information content (AvgIpc) is 2.77. The summed E-state index contributed by atoms with van der Waals surface area (Å²) in [6.07, 6.45) is 4.06. The number of likely N-dealkylation sites (tertiary alicyclic amines) is 1. The molecule has 3 nitrogen and oxygen atoms in total. The van der Waals surface area contributed by atoms with Crippen LogP contribution in [-0.2, 0) is 0 Å². The van der Waals surface area contributed by atoms with Crippen molar-refractivity contribution in [2.75, 3.05) is 39.3 Å². The predicted molar refractivity (Wildman–Crippen MR) is 70.7 cm³/mol. The van der Waals surface area contributed by atoms with E-state index in [1.54, 1.807) is 0 Å². The van der Waals surface area contributed by atoms with Crippen LogP contribution >= 0.6 is 0 Å². The zero-order valence-corrected chi connectivity index (χ0v) is 11.3. The Bertz CT molecular complexity index is 186. The van der Waals surface area contributed by atoms with E-state index in [1.165, 1.54) is 45.4 Å². The summed E-state index contributed by atoms with van der Waals surface area (Å²) in [5.41, 5.74) is 5.98. The van der Waals surface area contributed by atoms with Gasteiger partial charge in [-0.1, -0.05) is 6.92 Å². The van der Waals surface area contributed by atoms with Crippen molar-refractivity contribution in [3.8, 4) is 0 Å². The van der Waals surface area contributed by atoms with Crippen LogP contribution in [0.5, 0.6) is 0 Å². The van der Waals surface area contributed by atoms with Gasteiger partial charge in [0.1, 0.15) is 0 Å². The maximum Gasteiger partial charge on any atom is 0.0275 e. The van der Waals surface area contributed by atoms with Gasteiger partial charge in [0.05, 0.1) is 0 Å². The Labute approximate surface area is 101 Å². The van der Waals surface area contributed by atoms with Crippen LogP contribution < -0.4 is 5.73 Å². The molecule has 1 aliphatic heterocycles. The number of rotatable bonds is 7. The minimum Gasteiger partial charge on any atom is -0.329 e. The maximum atomic E-state index is 5.82. The van der Waals surface area contributed by atoms with Crippen LogP contribution in [0, 0.1) is 0 Å². The van der Waals surface area contributed by atoms with Crippen molar-refractivity contribution in [3.63, 3.8) is 0 Å². The van der Waals surface area contributed by atoms with Crippen molar-refractivity contribution in [3.05, 3.63) is 0 Å². The summed E-state index contributed by atoms with van der Waals surface area (Å²) in [5.74, 6) is 0. The van der Waals surface area contributed by atoms with Crippen LogP contribution in [0.1, 0.15) is 40.0 Å². The highest BCUT2D eigenvalue weighted by atomic mass is 15.2. The standard InChI is InChI=1S/C13H29N3/c1-4-16(13(2,3)12-14)11-7-10-15-8-5-6-9-15/h4-12,14H2,1-3H3. The second-order valence-electron chi connectivity index (χ2n) is 5.50. The largest absolute Gasteiger partial charge is 0.329 e. The van der Waals surface area contributed by atoms with Gasteiger partial charge in [0.15, 0.2) is 0 Å². The van der Waals surface area contributed by atoms with E-state index in [9.17, 15) is 0 Å². The van der Waals surface area contributed by atoms with Gasteiger partial charge in [0.2, 0.25) is 0 Å². The molecule has 1 saturated heterocycles. The van der Waals surface area contributed by atoms with Crippen LogP contribution in [0.25, 0.3) is 0 Å². The molecule has 1 heterocycles. The molecule has 0 aromatic heterocycles. The quantitative estimate of drug-likeness (QED) is 0.716. The van der Waals surface area contributed by atoms with E-state index in [-0.39, 0.29) is 5.54 Å². The van der Waals surface area contributed by atoms with Crippen LogP contribution in [0.15, 0.2) is 0 Å². The van der Waals surface area contributed by atoms with Gasteiger partial charge in [-0.2, -0.15) is 0 Å². The number of nitrogens with two attached hydrogens (primary N) is 1. The van der Waals surface area contributed by atoms with Crippen molar-refractivity contribution in [1.82, 2.24) is 9.80 Å². The molecule has 3 heteroatoms. The lowest BCUT2D eigenvalue weighted by molar-refractivity contribution is 0.127. The zero-order valence-electron chi connectivity index (χ0n) is 11.3. The summed E-state index contributed by atoms with van der Waals surface area (Å²) in [4.78, 5) is 5.09. The molecule has 0 aliphatic carbocycles. The molecule has 0 atom stereocenters. The van der Waals surface area contributed by atoms with E-state index in [2.05, 4.69) is 30.6 Å². The molecule has 0 saturated carbocycles. The smallest absolute Gasteiger partial charge is 0.0275 e. The molecule has 1 aliphatic rings. The molecule has 0 aromatic rings. The lowest BCUT2D eigenvalue weighted by Crippen LogP contribution is -2.49. The van der Waals surface area contributed by atoms with Crippen LogP contribution in [0.2, 0.25) is 0 Å². The van der Waals surface area contributed by atoms with E-state index in [4.69, 9.17) is 5.73 Å². The first-order chi connectivity index (χ1) is 7.60. The third-order valence-electron chi connectivity index (χ3n) is 3.84. The Hall–Kier alpha value is -0.120. The normalized spacial score (nSPS) is 18.6. The summed E-state index contributed by atoms with van der Waals surface area (Å²) in [6, 6.07) is 0. The highest BCUT2D eigenvalue weighted by Gasteiger charge is 2.23. The fourth-order valence-electron chi connectivity index (χ4n) is 2.51. The van der Waals surface area contributed by atoms with E-state index < -0.39 is 0 Å². The van der Waals surface area contributed by atoms with Crippen LogP contribution in [0.4, 0.5) is 0 Å². The Kier molecular flexibility index (Phi) is 5.73. The van der Waals surface area contributed by atoms with Crippen LogP contribution in [0.3, 0.4) is 0 Å². The molecule has 0 bridgehead atoms. The molecule has 96 valence electrons. The maximum absolute atomic E-state index is 5.82. The highest BCUT2D eigenvalue weighted by Crippen LogP contribution is 2.13. The molecular weight excluding hydrogens is 198 g/mol. The van der Waals surface area contributed by atoms with Gasteiger partial charge >= 0.3 is 0 Å². The SMILES string of the molecule is CCN(CCCN1CCCC1)C(C)(C)CN. The molecular formula is C13H29N3. The first kappa shape index (κ1) is 13.9. The number of likely N-dealkylation sites (N-methyl/N-ethyl adjacent to an activating group) is 1. The predicted octanol–water partition coefficient (Wildman–Crippen LogP) is 1.53. The molecule has 0 amide bonds. The molecule has 0 spiro atoms. The monoisotopic (exact) mass is 227 g/mol. The number of hydrogen-bond donors (Lipinski definition) is 1. The second kappa shape index (κ2) is 6.58. The first-order valence-electron chi connectivity index (χ1n) is 6.77. The zero-order chi connectivity index (χ0) is 12.0. The van der Waals surface area contributed by atoms with Gasteiger partial charge < -0.3 is 10.6 Å². The van der Waals surface area contributed by atoms with Gasteiger partial charge in [-0.05, 0) is 65.8 Å². The van der Waals surface area contributed by atoms with Crippen molar-refractivity contribution < 1.29 is 0 Å². The van der Waals surface area contributed by atoms with Gasteiger partial charge in [-0.25, -0.2) is 0 Å². The number of nitrogens with zero attached hydrogens (tertiary/aromatic N) is 2. The van der Waals surface area contributed by atoms with E-state index >= 15 is 0 Å². The van der Waals surface area contributed by atoms with E-state index in [0.717, 1.165) is 13.1 Å². The summed E-state index contributed by atoms with van der Waals surface area (Å²) >= 11 is 0. The van der Waals surface area contributed by atoms with E-state index in [1.807, 2.05) is 0 Å². The minimum absolute atomic E-state index is 0.153. The summed E-state index contributed by atoms with van der Waals surface area (Å²) < 4.78 is 0. The summed E-state index contributed by atoms with van der Waals surface area (Å²) in [5, 5.41) is 0.